The van der Waals surface area contributed by atoms with Gasteiger partial charge in [-0.05, 0) is 25.3 Å². The van der Waals surface area contributed by atoms with Gasteiger partial charge in [-0.25, -0.2) is 0 Å². The Labute approximate surface area is 124 Å². The molecule has 0 spiro atoms. The molecule has 0 heterocycles. The number of hydrogen-bond donors (Lipinski definition) is 2. The molecule has 110 valence electrons. The number of rotatable bonds is 8. The van der Waals surface area contributed by atoms with Gasteiger partial charge in [-0.2, -0.15) is 0 Å². The number of carbonyl (C=O) groups excluding carboxylic acids is 1. The first-order chi connectivity index (χ1) is 9.54. The van der Waals surface area contributed by atoms with Crippen molar-refractivity contribution in [3.8, 4) is 0 Å². The molecule has 20 heavy (non-hydrogen) atoms. The molecule has 0 aromatic heterocycles. The summed E-state index contributed by atoms with van der Waals surface area (Å²) in [6, 6.07) is 9.47. The molecule has 0 aliphatic heterocycles. The molecular weight excluding hydrogens is 274 g/mol. The van der Waals surface area contributed by atoms with Gasteiger partial charge in [0.15, 0.2) is 0 Å². The fourth-order valence-corrected chi connectivity index (χ4v) is 2.83. The third-order valence-corrected chi connectivity index (χ3v) is 4.15. The van der Waals surface area contributed by atoms with Gasteiger partial charge in [-0.3, -0.25) is 9.59 Å². The minimum absolute atomic E-state index is 0.101. The zero-order valence-electron chi connectivity index (χ0n) is 11.8. The summed E-state index contributed by atoms with van der Waals surface area (Å²) in [6.45, 7) is 4.35. The molecule has 2 atom stereocenters. The van der Waals surface area contributed by atoms with Crippen molar-refractivity contribution < 1.29 is 14.7 Å². The van der Waals surface area contributed by atoms with Crippen LogP contribution < -0.4 is 5.32 Å². The average Bonchev–Trinajstić information content (AvgIpc) is 2.44. The van der Waals surface area contributed by atoms with Crippen molar-refractivity contribution in [2.75, 3.05) is 6.54 Å². The van der Waals surface area contributed by atoms with Gasteiger partial charge in [0, 0.05) is 6.54 Å². The van der Waals surface area contributed by atoms with E-state index in [0.717, 1.165) is 12.0 Å². The molecule has 1 aromatic carbocycles. The highest BCUT2D eigenvalue weighted by Crippen LogP contribution is 2.22. The number of nitrogens with one attached hydrogen (secondary N) is 1. The Balaban J connectivity index is 2.59. The van der Waals surface area contributed by atoms with Gasteiger partial charge in [0.1, 0.15) is 5.25 Å². The molecule has 2 unspecified atom stereocenters. The lowest BCUT2D eigenvalue weighted by Crippen LogP contribution is -2.34. The molecule has 2 N–H and O–H groups in total. The molecule has 0 bridgehead atoms. The second-order valence-electron chi connectivity index (χ2n) is 4.59. The molecule has 0 aliphatic carbocycles. The number of aliphatic carboxylic acids is 1. The van der Waals surface area contributed by atoms with Crippen LogP contribution in [0.3, 0.4) is 0 Å². The number of hydrogen-bond acceptors (Lipinski definition) is 3. The Hall–Kier alpha value is -1.49. The van der Waals surface area contributed by atoms with Crippen LogP contribution in [0.5, 0.6) is 0 Å². The van der Waals surface area contributed by atoms with Crippen molar-refractivity contribution in [2.24, 2.45) is 0 Å². The van der Waals surface area contributed by atoms with Crippen LogP contribution in [0.2, 0.25) is 0 Å². The van der Waals surface area contributed by atoms with E-state index in [4.69, 9.17) is 0 Å². The maximum absolute atomic E-state index is 11.8. The summed E-state index contributed by atoms with van der Waals surface area (Å²) in [5, 5.41) is 11.1. The van der Waals surface area contributed by atoms with Crippen molar-refractivity contribution in [1.29, 1.82) is 0 Å². The predicted molar refractivity (Wildman–Crippen MR) is 81.9 cm³/mol. The van der Waals surface area contributed by atoms with E-state index in [1.54, 1.807) is 6.92 Å². The minimum atomic E-state index is -0.881. The summed E-state index contributed by atoms with van der Waals surface area (Å²) in [5.74, 6) is -0.981. The highest BCUT2D eigenvalue weighted by atomic mass is 32.2. The fraction of sp³-hybridized carbons (Fsp3) is 0.467. The quantitative estimate of drug-likeness (QED) is 0.772. The number of carboxylic acids is 1. The van der Waals surface area contributed by atoms with Crippen LogP contribution in [-0.4, -0.2) is 34.0 Å². The third kappa shape index (κ3) is 5.65. The van der Waals surface area contributed by atoms with Crippen molar-refractivity contribution >= 4 is 23.6 Å². The molecule has 0 saturated heterocycles. The van der Waals surface area contributed by atoms with E-state index in [2.05, 4.69) is 5.32 Å². The molecule has 1 rings (SSSR count). The number of amides is 1. The Morgan fingerprint density at radius 2 is 1.95 bits per heavy atom. The van der Waals surface area contributed by atoms with Crippen molar-refractivity contribution in [1.82, 2.24) is 5.32 Å². The maximum atomic E-state index is 11.8. The summed E-state index contributed by atoms with van der Waals surface area (Å²) < 4.78 is 0. The summed E-state index contributed by atoms with van der Waals surface area (Å²) >= 11 is 1.19. The topological polar surface area (TPSA) is 66.4 Å². The van der Waals surface area contributed by atoms with Gasteiger partial charge in [0.2, 0.25) is 5.91 Å². The molecule has 0 aliphatic rings. The first-order valence-electron chi connectivity index (χ1n) is 6.74. The van der Waals surface area contributed by atoms with E-state index in [-0.39, 0.29) is 11.2 Å². The highest BCUT2D eigenvalue weighted by Gasteiger charge is 2.24. The van der Waals surface area contributed by atoms with Crippen LogP contribution in [-0.2, 0) is 16.0 Å². The number of carboxylic acid groups (broad SMARTS) is 1. The molecule has 1 aromatic rings. The lowest BCUT2D eigenvalue weighted by Gasteiger charge is -2.17. The van der Waals surface area contributed by atoms with Crippen LogP contribution >= 0.6 is 11.8 Å². The van der Waals surface area contributed by atoms with E-state index in [9.17, 15) is 14.7 Å². The van der Waals surface area contributed by atoms with Crippen molar-refractivity contribution in [2.45, 2.75) is 37.2 Å². The molecule has 0 radical (unpaired) electrons. The second-order valence-corrected chi connectivity index (χ2v) is 6.13. The Morgan fingerprint density at radius 3 is 2.50 bits per heavy atom. The first kappa shape index (κ1) is 16.6. The number of benzene rings is 1. The average molecular weight is 295 g/mol. The molecule has 1 amide bonds. The molecule has 0 fully saturated rings. The standard InChI is InChI=1S/C15H21NO3S/c1-3-9-16-14(17)11(2)20-13(15(18)19)10-12-7-5-4-6-8-12/h4-8,11,13H,3,9-10H2,1-2H3,(H,16,17)(H,18,19). The zero-order chi connectivity index (χ0) is 15.0. The first-order valence-corrected chi connectivity index (χ1v) is 7.68. The fourth-order valence-electron chi connectivity index (χ4n) is 1.72. The summed E-state index contributed by atoms with van der Waals surface area (Å²) in [4.78, 5) is 23.1. The van der Waals surface area contributed by atoms with E-state index in [1.807, 2.05) is 37.3 Å². The van der Waals surface area contributed by atoms with E-state index in [0.29, 0.717) is 13.0 Å². The smallest absolute Gasteiger partial charge is 0.316 e. The van der Waals surface area contributed by atoms with E-state index in [1.165, 1.54) is 11.8 Å². The van der Waals surface area contributed by atoms with Crippen LogP contribution in [0.1, 0.15) is 25.8 Å². The Morgan fingerprint density at radius 1 is 1.30 bits per heavy atom. The van der Waals surface area contributed by atoms with Crippen molar-refractivity contribution in [3.63, 3.8) is 0 Å². The Bertz CT molecular complexity index is 436. The normalized spacial score (nSPS) is 13.5. The minimum Gasteiger partial charge on any atom is -0.480 e. The van der Waals surface area contributed by atoms with Crippen LogP contribution in [0.15, 0.2) is 30.3 Å². The predicted octanol–water partition coefficient (Wildman–Crippen LogP) is 2.33. The SMILES string of the molecule is CCCNC(=O)C(C)SC(Cc1ccccc1)C(=O)O. The van der Waals surface area contributed by atoms with E-state index < -0.39 is 11.2 Å². The van der Waals surface area contributed by atoms with Crippen LogP contribution in [0.4, 0.5) is 0 Å². The number of thioether (sulfide) groups is 1. The van der Waals surface area contributed by atoms with Crippen LogP contribution in [0.25, 0.3) is 0 Å². The zero-order valence-corrected chi connectivity index (χ0v) is 12.7. The van der Waals surface area contributed by atoms with Gasteiger partial charge >= 0.3 is 5.97 Å². The molecular formula is C15H21NO3S. The summed E-state index contributed by atoms with van der Waals surface area (Å²) in [6.07, 6.45) is 1.29. The molecule has 5 heteroatoms. The highest BCUT2D eigenvalue weighted by molar-refractivity contribution is 8.01. The Kier molecular flexibility index (Phi) is 7.15. The monoisotopic (exact) mass is 295 g/mol. The second kappa shape index (κ2) is 8.64. The van der Waals surface area contributed by atoms with Crippen LogP contribution in [0, 0.1) is 0 Å². The number of carbonyl (C=O) groups is 2. The van der Waals surface area contributed by atoms with Gasteiger partial charge in [-0.1, -0.05) is 37.3 Å². The van der Waals surface area contributed by atoms with Gasteiger partial charge < -0.3 is 10.4 Å². The van der Waals surface area contributed by atoms with E-state index >= 15 is 0 Å². The summed E-state index contributed by atoms with van der Waals surface area (Å²) in [5.41, 5.74) is 0.966. The van der Waals surface area contributed by atoms with Gasteiger partial charge in [0.05, 0.1) is 5.25 Å². The summed E-state index contributed by atoms with van der Waals surface area (Å²) in [7, 11) is 0. The molecule has 0 saturated carbocycles. The largest absolute Gasteiger partial charge is 0.480 e. The van der Waals surface area contributed by atoms with Crippen molar-refractivity contribution in [3.05, 3.63) is 35.9 Å². The third-order valence-electron chi connectivity index (χ3n) is 2.83. The molecule has 4 nitrogen and oxygen atoms in total. The van der Waals surface area contributed by atoms with Gasteiger partial charge in [0.25, 0.3) is 0 Å². The lowest BCUT2D eigenvalue weighted by molar-refractivity contribution is -0.136. The van der Waals surface area contributed by atoms with Gasteiger partial charge in [-0.15, -0.1) is 11.8 Å². The maximum Gasteiger partial charge on any atom is 0.316 e. The lowest BCUT2D eigenvalue weighted by atomic mass is 10.1.